The first kappa shape index (κ1) is 34.8. The molecule has 258 valence electrons. The number of hydrogen-bond donors (Lipinski definition) is 3. The second kappa shape index (κ2) is 14.3. The summed E-state index contributed by atoms with van der Waals surface area (Å²) in [5.41, 5.74) is -1.46. The van der Waals surface area contributed by atoms with Crippen molar-refractivity contribution in [1.82, 2.24) is 29.5 Å². The van der Waals surface area contributed by atoms with E-state index in [1.54, 1.807) is 39.2 Å². The number of nitrogens with one attached hydrogen (secondary N) is 3. The largest absolute Gasteiger partial charge is 0.444 e. The van der Waals surface area contributed by atoms with Crippen molar-refractivity contribution in [3.05, 3.63) is 42.2 Å². The van der Waals surface area contributed by atoms with Crippen LogP contribution in [0.2, 0.25) is 0 Å². The number of allylic oxidation sites excluding steroid dienone is 1. The second-order valence-corrected chi connectivity index (χ2v) is 15.7. The standard InChI is InChI=1S/C33H48N6O7S/c1-32(2,3)46-31(43)35-25-15-8-6-4-5-7-14-24-21-33(24,36-28(40)27-17-12-19-38(27)29(25)41)30(42)37-47(44,45)39-20-10-9-16-26(39)23-13-11-18-34-22-23/h7,11,13-14,18,22,24-27H,4-6,8-10,12,15-17,19-21H2,1-3H3,(H,35,43)(H,36,40)(H,37,42)/b14-7-/t24-,25-,26?,27-,33+/m0/s1. The third kappa shape index (κ3) is 8.32. The van der Waals surface area contributed by atoms with Gasteiger partial charge in [0, 0.05) is 31.4 Å². The van der Waals surface area contributed by atoms with Crippen molar-refractivity contribution in [2.45, 2.75) is 121 Å². The molecule has 4 amide bonds. The van der Waals surface area contributed by atoms with E-state index in [2.05, 4.69) is 20.3 Å². The molecule has 0 radical (unpaired) electrons. The van der Waals surface area contributed by atoms with E-state index in [4.69, 9.17) is 4.74 Å². The summed E-state index contributed by atoms with van der Waals surface area (Å²) in [7, 11) is -4.27. The maximum atomic E-state index is 13.9. The van der Waals surface area contributed by atoms with Gasteiger partial charge < -0.3 is 20.3 Å². The summed E-state index contributed by atoms with van der Waals surface area (Å²) in [6.07, 6.45) is 13.2. The highest BCUT2D eigenvalue weighted by Crippen LogP contribution is 2.46. The van der Waals surface area contributed by atoms with Gasteiger partial charge in [0.25, 0.3) is 5.91 Å². The van der Waals surface area contributed by atoms with E-state index in [1.165, 1.54) is 9.21 Å². The SMILES string of the molecule is CC(C)(C)OC(=O)N[C@H]1CCCCC/C=C\[C@H]2C[C@@]2(C(=O)NS(=O)(=O)N2CCCCC2c2cccnc2)NC(=O)[C@@H]2CCCN2C1=O. The van der Waals surface area contributed by atoms with Crippen molar-refractivity contribution >= 4 is 34.0 Å². The number of pyridine rings is 1. The Hall–Kier alpha value is -3.52. The van der Waals surface area contributed by atoms with E-state index < -0.39 is 63.3 Å². The number of rotatable bonds is 5. The molecule has 4 heterocycles. The van der Waals surface area contributed by atoms with Crippen LogP contribution in [-0.2, 0) is 29.3 Å². The minimum absolute atomic E-state index is 0.242. The number of carbonyl (C=O) groups is 4. The molecule has 5 rings (SSSR count). The molecule has 1 saturated carbocycles. The monoisotopic (exact) mass is 672 g/mol. The normalized spacial score (nSPS) is 30.1. The molecule has 3 aliphatic heterocycles. The maximum Gasteiger partial charge on any atom is 0.408 e. The number of piperidine rings is 1. The Labute approximate surface area is 277 Å². The zero-order valence-corrected chi connectivity index (χ0v) is 28.4. The number of carbonyl (C=O) groups excluding carboxylic acids is 4. The average molecular weight is 673 g/mol. The molecule has 1 unspecified atom stereocenters. The number of amides is 4. The summed E-state index contributed by atoms with van der Waals surface area (Å²) in [4.78, 5) is 59.9. The van der Waals surface area contributed by atoms with Gasteiger partial charge in [-0.15, -0.1) is 0 Å². The molecule has 3 N–H and O–H groups in total. The summed E-state index contributed by atoms with van der Waals surface area (Å²) < 4.78 is 36.5. The molecule has 1 aliphatic carbocycles. The van der Waals surface area contributed by atoms with Gasteiger partial charge in [0.1, 0.15) is 23.2 Å². The van der Waals surface area contributed by atoms with E-state index in [0.717, 1.165) is 24.8 Å². The van der Waals surface area contributed by atoms with Crippen LogP contribution >= 0.6 is 0 Å². The molecule has 0 bridgehead atoms. The summed E-state index contributed by atoms with van der Waals surface area (Å²) in [6.45, 7) is 5.81. The highest BCUT2D eigenvalue weighted by molar-refractivity contribution is 7.87. The Morgan fingerprint density at radius 3 is 2.53 bits per heavy atom. The fourth-order valence-corrected chi connectivity index (χ4v) is 8.37. The van der Waals surface area contributed by atoms with Gasteiger partial charge in [0.2, 0.25) is 11.8 Å². The average Bonchev–Trinajstić information content (AvgIpc) is 3.48. The lowest BCUT2D eigenvalue weighted by atomic mass is 9.99. The predicted molar refractivity (Wildman–Crippen MR) is 174 cm³/mol. The Morgan fingerprint density at radius 2 is 1.79 bits per heavy atom. The molecule has 13 nitrogen and oxygen atoms in total. The fourth-order valence-electron chi connectivity index (χ4n) is 6.91. The minimum atomic E-state index is -4.27. The molecule has 5 atom stereocenters. The van der Waals surface area contributed by atoms with Crippen LogP contribution in [0.25, 0.3) is 0 Å². The van der Waals surface area contributed by atoms with Gasteiger partial charge >= 0.3 is 16.3 Å². The Kier molecular flexibility index (Phi) is 10.6. The summed E-state index contributed by atoms with van der Waals surface area (Å²) >= 11 is 0. The Balaban J connectivity index is 1.35. The maximum absolute atomic E-state index is 13.9. The molecule has 2 saturated heterocycles. The summed E-state index contributed by atoms with van der Waals surface area (Å²) in [5.74, 6) is -2.08. The minimum Gasteiger partial charge on any atom is -0.444 e. The van der Waals surface area contributed by atoms with Gasteiger partial charge in [-0.05, 0) is 83.8 Å². The van der Waals surface area contributed by atoms with Crippen molar-refractivity contribution in [3.63, 3.8) is 0 Å². The second-order valence-electron chi connectivity index (χ2n) is 14.1. The van der Waals surface area contributed by atoms with Crippen molar-refractivity contribution in [1.29, 1.82) is 0 Å². The number of aromatic nitrogens is 1. The van der Waals surface area contributed by atoms with Crippen LogP contribution in [0, 0.1) is 5.92 Å². The molecule has 47 heavy (non-hydrogen) atoms. The van der Waals surface area contributed by atoms with Gasteiger partial charge in [0.15, 0.2) is 0 Å². The van der Waals surface area contributed by atoms with Crippen molar-refractivity contribution in [2.24, 2.45) is 5.92 Å². The van der Waals surface area contributed by atoms with E-state index in [9.17, 15) is 27.6 Å². The first-order chi connectivity index (χ1) is 22.3. The highest BCUT2D eigenvalue weighted by Gasteiger charge is 2.61. The van der Waals surface area contributed by atoms with Crippen LogP contribution in [0.4, 0.5) is 4.79 Å². The zero-order valence-electron chi connectivity index (χ0n) is 27.6. The molecule has 14 heteroatoms. The quantitative estimate of drug-likeness (QED) is 0.401. The van der Waals surface area contributed by atoms with E-state index in [1.807, 2.05) is 18.2 Å². The topological polar surface area (TPSA) is 167 Å². The first-order valence-corrected chi connectivity index (χ1v) is 18.3. The Bertz CT molecular complexity index is 1460. The van der Waals surface area contributed by atoms with Crippen molar-refractivity contribution in [3.8, 4) is 0 Å². The lowest BCUT2D eigenvalue weighted by molar-refractivity contribution is -0.141. The Morgan fingerprint density at radius 1 is 1.02 bits per heavy atom. The molecule has 0 spiro atoms. The molecular formula is C33H48N6O7S. The van der Waals surface area contributed by atoms with Gasteiger partial charge in [-0.3, -0.25) is 19.4 Å². The fraction of sp³-hybridized carbons (Fsp3) is 0.667. The van der Waals surface area contributed by atoms with E-state index in [0.29, 0.717) is 51.5 Å². The van der Waals surface area contributed by atoms with E-state index >= 15 is 0 Å². The number of nitrogens with zero attached hydrogens (tertiary/aromatic N) is 3. The molecule has 3 fully saturated rings. The summed E-state index contributed by atoms with van der Waals surface area (Å²) in [5, 5.41) is 5.61. The van der Waals surface area contributed by atoms with Crippen LogP contribution in [0.3, 0.4) is 0 Å². The van der Waals surface area contributed by atoms with E-state index in [-0.39, 0.29) is 18.9 Å². The zero-order chi connectivity index (χ0) is 33.8. The third-order valence-electron chi connectivity index (χ3n) is 9.38. The third-order valence-corrected chi connectivity index (χ3v) is 10.9. The number of alkyl carbamates (subject to hydrolysis) is 1. The number of fused-ring (bicyclic) bond motifs is 2. The first-order valence-electron chi connectivity index (χ1n) is 16.8. The van der Waals surface area contributed by atoms with Gasteiger partial charge in [-0.1, -0.05) is 37.5 Å². The predicted octanol–water partition coefficient (Wildman–Crippen LogP) is 3.25. The molecule has 4 aliphatic rings. The molecule has 1 aromatic heterocycles. The number of ether oxygens (including phenoxy) is 1. The van der Waals surface area contributed by atoms with Crippen LogP contribution in [0.5, 0.6) is 0 Å². The smallest absolute Gasteiger partial charge is 0.408 e. The van der Waals surface area contributed by atoms with Gasteiger partial charge in [-0.2, -0.15) is 12.7 Å². The van der Waals surface area contributed by atoms with Crippen molar-refractivity contribution in [2.75, 3.05) is 13.1 Å². The molecular weight excluding hydrogens is 624 g/mol. The number of hydrogen-bond acceptors (Lipinski definition) is 8. The van der Waals surface area contributed by atoms with Crippen LogP contribution in [0.15, 0.2) is 36.7 Å². The highest BCUT2D eigenvalue weighted by atomic mass is 32.2. The molecule has 1 aromatic rings. The summed E-state index contributed by atoms with van der Waals surface area (Å²) in [6, 6.07) is 1.40. The van der Waals surface area contributed by atoms with Crippen molar-refractivity contribution < 1.29 is 32.3 Å². The lowest BCUT2D eigenvalue weighted by Gasteiger charge is -2.35. The van der Waals surface area contributed by atoms with Crippen LogP contribution in [-0.4, -0.2) is 82.7 Å². The van der Waals surface area contributed by atoms with Crippen LogP contribution < -0.4 is 15.4 Å². The lowest BCUT2D eigenvalue weighted by Crippen LogP contribution is -2.59. The molecule has 0 aromatic carbocycles. The van der Waals surface area contributed by atoms with Gasteiger partial charge in [-0.25, -0.2) is 9.52 Å². The van der Waals surface area contributed by atoms with Crippen LogP contribution in [0.1, 0.15) is 103 Å². The van der Waals surface area contributed by atoms with Gasteiger partial charge in [0.05, 0.1) is 6.04 Å².